The standard InChI is InChI=1S/C9H19NO3/c1-6-10-9(3,7(2)12-4)8(11)13-5/h7,10H,6H2,1-5H3. The van der Waals surface area contributed by atoms with Gasteiger partial charge in [-0.15, -0.1) is 0 Å². The van der Waals surface area contributed by atoms with E-state index in [1.165, 1.54) is 7.11 Å². The van der Waals surface area contributed by atoms with E-state index in [4.69, 9.17) is 9.47 Å². The molecule has 0 rings (SSSR count). The first-order valence-corrected chi connectivity index (χ1v) is 4.39. The van der Waals surface area contributed by atoms with E-state index < -0.39 is 5.54 Å². The number of ether oxygens (including phenoxy) is 2. The van der Waals surface area contributed by atoms with Crippen LogP contribution in [0.2, 0.25) is 0 Å². The molecule has 0 aromatic heterocycles. The molecule has 2 atom stereocenters. The van der Waals surface area contributed by atoms with Crippen molar-refractivity contribution < 1.29 is 14.3 Å². The summed E-state index contributed by atoms with van der Waals surface area (Å²) in [6.07, 6.45) is -0.222. The first kappa shape index (κ1) is 12.4. The topological polar surface area (TPSA) is 47.6 Å². The lowest BCUT2D eigenvalue weighted by Crippen LogP contribution is -2.58. The summed E-state index contributed by atoms with van der Waals surface area (Å²) >= 11 is 0. The largest absolute Gasteiger partial charge is 0.468 e. The zero-order chi connectivity index (χ0) is 10.5. The van der Waals surface area contributed by atoms with Crippen molar-refractivity contribution in [3.63, 3.8) is 0 Å². The molecule has 0 heterocycles. The van der Waals surface area contributed by atoms with Gasteiger partial charge < -0.3 is 14.8 Å². The average Bonchev–Trinajstić information content (AvgIpc) is 2.15. The molecule has 1 N–H and O–H groups in total. The monoisotopic (exact) mass is 189 g/mol. The third-order valence-electron chi connectivity index (χ3n) is 2.32. The lowest BCUT2D eigenvalue weighted by Gasteiger charge is -2.32. The molecule has 13 heavy (non-hydrogen) atoms. The maximum Gasteiger partial charge on any atom is 0.328 e. The predicted molar refractivity (Wildman–Crippen MR) is 50.6 cm³/mol. The third kappa shape index (κ3) is 2.67. The number of hydrogen-bond acceptors (Lipinski definition) is 4. The Bertz CT molecular complexity index is 172. The van der Waals surface area contributed by atoms with Crippen LogP contribution in [0.5, 0.6) is 0 Å². The van der Waals surface area contributed by atoms with Gasteiger partial charge in [-0.3, -0.25) is 0 Å². The average molecular weight is 189 g/mol. The van der Waals surface area contributed by atoms with E-state index in [1.807, 2.05) is 13.8 Å². The Morgan fingerprint density at radius 3 is 2.38 bits per heavy atom. The van der Waals surface area contributed by atoms with E-state index >= 15 is 0 Å². The van der Waals surface area contributed by atoms with Gasteiger partial charge in [0.1, 0.15) is 5.54 Å². The first-order chi connectivity index (χ1) is 6.02. The summed E-state index contributed by atoms with van der Waals surface area (Å²) in [5, 5.41) is 3.06. The van der Waals surface area contributed by atoms with Crippen LogP contribution in [-0.4, -0.2) is 38.4 Å². The van der Waals surface area contributed by atoms with Gasteiger partial charge in [0.2, 0.25) is 0 Å². The van der Waals surface area contributed by atoms with Crippen LogP contribution in [0.4, 0.5) is 0 Å². The molecule has 4 nitrogen and oxygen atoms in total. The van der Waals surface area contributed by atoms with E-state index in [1.54, 1.807) is 14.0 Å². The van der Waals surface area contributed by atoms with Gasteiger partial charge in [0.05, 0.1) is 13.2 Å². The summed E-state index contributed by atoms with van der Waals surface area (Å²) in [4.78, 5) is 11.5. The van der Waals surface area contributed by atoms with Gasteiger partial charge in [-0.05, 0) is 20.4 Å². The van der Waals surface area contributed by atoms with Crippen molar-refractivity contribution in [1.82, 2.24) is 5.32 Å². The van der Waals surface area contributed by atoms with E-state index in [-0.39, 0.29) is 12.1 Å². The molecule has 2 unspecified atom stereocenters. The number of esters is 1. The van der Waals surface area contributed by atoms with Gasteiger partial charge in [0.25, 0.3) is 0 Å². The maximum absolute atomic E-state index is 11.5. The number of carbonyl (C=O) groups is 1. The number of hydrogen-bond donors (Lipinski definition) is 1. The molecule has 0 aromatic carbocycles. The van der Waals surface area contributed by atoms with Crippen LogP contribution in [0, 0.1) is 0 Å². The highest BCUT2D eigenvalue weighted by atomic mass is 16.5. The molecule has 0 saturated heterocycles. The predicted octanol–water partition coefficient (Wildman–Crippen LogP) is 0.562. The van der Waals surface area contributed by atoms with Gasteiger partial charge >= 0.3 is 5.97 Å². The Kier molecular flexibility index (Phi) is 4.95. The number of likely N-dealkylation sites (N-methyl/N-ethyl adjacent to an activating group) is 1. The molecular weight excluding hydrogens is 170 g/mol. The molecule has 0 fully saturated rings. The minimum atomic E-state index is -0.766. The van der Waals surface area contributed by atoms with Crippen molar-refractivity contribution in [3.05, 3.63) is 0 Å². The number of nitrogens with one attached hydrogen (secondary N) is 1. The van der Waals surface area contributed by atoms with E-state index in [0.717, 1.165) is 0 Å². The van der Waals surface area contributed by atoms with Gasteiger partial charge in [0.15, 0.2) is 0 Å². The molecular formula is C9H19NO3. The van der Waals surface area contributed by atoms with Crippen molar-refractivity contribution in [1.29, 1.82) is 0 Å². The van der Waals surface area contributed by atoms with Gasteiger partial charge in [-0.25, -0.2) is 4.79 Å². The van der Waals surface area contributed by atoms with E-state index in [0.29, 0.717) is 6.54 Å². The molecule has 78 valence electrons. The summed E-state index contributed by atoms with van der Waals surface area (Å²) in [5.74, 6) is -0.302. The molecule has 0 saturated carbocycles. The zero-order valence-corrected chi connectivity index (χ0v) is 9.01. The van der Waals surface area contributed by atoms with E-state index in [9.17, 15) is 4.79 Å². The molecule has 0 aliphatic heterocycles. The third-order valence-corrected chi connectivity index (χ3v) is 2.32. The molecule has 4 heteroatoms. The van der Waals surface area contributed by atoms with Gasteiger partial charge in [0, 0.05) is 7.11 Å². The van der Waals surface area contributed by atoms with Crippen LogP contribution in [-0.2, 0) is 14.3 Å². The molecule has 0 bridgehead atoms. The summed E-state index contributed by atoms with van der Waals surface area (Å²) in [5.41, 5.74) is -0.766. The van der Waals surface area contributed by atoms with Crippen molar-refractivity contribution in [2.45, 2.75) is 32.4 Å². The van der Waals surface area contributed by atoms with Crippen LogP contribution in [0.3, 0.4) is 0 Å². The molecule has 0 aromatic rings. The van der Waals surface area contributed by atoms with Crippen LogP contribution in [0.1, 0.15) is 20.8 Å². The second-order valence-corrected chi connectivity index (χ2v) is 3.10. The molecule has 0 aliphatic rings. The Labute approximate surface area is 79.6 Å². The summed E-state index contributed by atoms with van der Waals surface area (Å²) < 4.78 is 9.84. The lowest BCUT2D eigenvalue weighted by molar-refractivity contribution is -0.153. The lowest BCUT2D eigenvalue weighted by atomic mass is 9.96. The van der Waals surface area contributed by atoms with Crippen LogP contribution in [0.25, 0.3) is 0 Å². The first-order valence-electron chi connectivity index (χ1n) is 4.39. The Morgan fingerprint density at radius 2 is 2.08 bits per heavy atom. The van der Waals surface area contributed by atoms with Crippen molar-refractivity contribution in [2.24, 2.45) is 0 Å². The highest BCUT2D eigenvalue weighted by Crippen LogP contribution is 2.14. The maximum atomic E-state index is 11.5. The number of rotatable bonds is 5. The smallest absolute Gasteiger partial charge is 0.328 e. The highest BCUT2D eigenvalue weighted by molar-refractivity contribution is 5.81. The van der Waals surface area contributed by atoms with Crippen molar-refractivity contribution in [2.75, 3.05) is 20.8 Å². The Balaban J connectivity index is 4.60. The second kappa shape index (κ2) is 5.19. The quantitative estimate of drug-likeness (QED) is 0.642. The number of methoxy groups -OCH3 is 2. The fraction of sp³-hybridized carbons (Fsp3) is 0.889. The minimum Gasteiger partial charge on any atom is -0.468 e. The SMILES string of the molecule is CCNC(C)(C(=O)OC)C(C)OC. The Morgan fingerprint density at radius 1 is 1.54 bits per heavy atom. The van der Waals surface area contributed by atoms with Crippen LogP contribution in [0.15, 0.2) is 0 Å². The molecule has 0 amide bonds. The fourth-order valence-electron chi connectivity index (χ4n) is 1.20. The highest BCUT2D eigenvalue weighted by Gasteiger charge is 2.39. The summed E-state index contributed by atoms with van der Waals surface area (Å²) in [6.45, 7) is 6.24. The van der Waals surface area contributed by atoms with E-state index in [2.05, 4.69) is 5.32 Å². The van der Waals surface area contributed by atoms with Gasteiger partial charge in [-0.2, -0.15) is 0 Å². The number of carbonyl (C=O) groups excluding carboxylic acids is 1. The zero-order valence-electron chi connectivity index (χ0n) is 9.01. The molecule has 0 aliphatic carbocycles. The minimum absolute atomic E-state index is 0.222. The van der Waals surface area contributed by atoms with Crippen molar-refractivity contribution >= 4 is 5.97 Å². The fourth-order valence-corrected chi connectivity index (χ4v) is 1.20. The van der Waals surface area contributed by atoms with Crippen molar-refractivity contribution in [3.8, 4) is 0 Å². The molecule has 0 spiro atoms. The summed E-state index contributed by atoms with van der Waals surface area (Å²) in [6, 6.07) is 0. The summed E-state index contributed by atoms with van der Waals surface area (Å²) in [7, 11) is 2.95. The van der Waals surface area contributed by atoms with Gasteiger partial charge in [-0.1, -0.05) is 6.92 Å². The Hall–Kier alpha value is -0.610. The van der Waals surface area contributed by atoms with Crippen LogP contribution < -0.4 is 5.32 Å². The molecule has 0 radical (unpaired) electrons. The normalized spacial score (nSPS) is 17.6. The second-order valence-electron chi connectivity index (χ2n) is 3.10. The van der Waals surface area contributed by atoms with Crippen LogP contribution >= 0.6 is 0 Å².